The summed E-state index contributed by atoms with van der Waals surface area (Å²) in [5, 5.41) is 8.61. The molecule has 0 bridgehead atoms. The van der Waals surface area contributed by atoms with Crippen molar-refractivity contribution < 1.29 is 18.8 Å². The second-order valence-corrected chi connectivity index (χ2v) is 8.83. The molecule has 8 heteroatoms. The van der Waals surface area contributed by atoms with Gasteiger partial charge in [-0.1, -0.05) is 25.5 Å². The van der Waals surface area contributed by atoms with E-state index in [2.05, 4.69) is 22.9 Å². The Kier molecular flexibility index (Phi) is 9.16. The number of carbonyl (C=O) groups is 3. The van der Waals surface area contributed by atoms with Gasteiger partial charge in [0.1, 0.15) is 5.82 Å². The van der Waals surface area contributed by atoms with Crippen LogP contribution in [0.4, 0.5) is 15.8 Å². The summed E-state index contributed by atoms with van der Waals surface area (Å²) < 4.78 is 13.1. The molecule has 2 atom stereocenters. The SMILES string of the molecule is CCCC(C)NC(=O)C1CCCN(CC(=O)Nc2ccccc2C(=O)Nc2ccc(F)cc2)C1. The Labute approximate surface area is 200 Å². The number of carbonyl (C=O) groups excluding carboxylic acids is 3. The van der Waals surface area contributed by atoms with E-state index >= 15 is 0 Å². The number of rotatable bonds is 9. The Hall–Kier alpha value is -3.26. The molecular formula is C26H33FN4O3. The molecule has 0 spiro atoms. The molecule has 2 unspecified atom stereocenters. The summed E-state index contributed by atoms with van der Waals surface area (Å²) in [5.41, 5.74) is 1.16. The van der Waals surface area contributed by atoms with Crippen molar-refractivity contribution in [2.75, 3.05) is 30.3 Å². The fourth-order valence-corrected chi connectivity index (χ4v) is 4.19. The number of likely N-dealkylation sites (tertiary alicyclic amines) is 1. The van der Waals surface area contributed by atoms with Crippen molar-refractivity contribution in [1.82, 2.24) is 10.2 Å². The summed E-state index contributed by atoms with van der Waals surface area (Å²) in [7, 11) is 0. The molecule has 34 heavy (non-hydrogen) atoms. The minimum absolute atomic E-state index is 0.0499. The van der Waals surface area contributed by atoms with Gasteiger partial charge in [-0.3, -0.25) is 19.3 Å². The lowest BCUT2D eigenvalue weighted by Crippen LogP contribution is -2.47. The van der Waals surface area contributed by atoms with Crippen LogP contribution in [-0.2, 0) is 9.59 Å². The molecule has 3 rings (SSSR count). The molecular weight excluding hydrogens is 435 g/mol. The molecule has 0 radical (unpaired) electrons. The van der Waals surface area contributed by atoms with Crippen LogP contribution < -0.4 is 16.0 Å². The Balaban J connectivity index is 1.57. The maximum absolute atomic E-state index is 13.1. The maximum atomic E-state index is 13.1. The van der Waals surface area contributed by atoms with Crippen LogP contribution in [0.25, 0.3) is 0 Å². The Morgan fingerprint density at radius 1 is 1.09 bits per heavy atom. The standard InChI is InChI=1S/C26H33FN4O3/c1-3-7-18(2)28-25(33)19-8-6-15-31(16-19)17-24(32)30-23-10-5-4-9-22(23)26(34)29-21-13-11-20(27)12-14-21/h4-5,9-14,18-19H,3,6-8,15-17H2,1-2H3,(H,28,33)(H,29,34)(H,30,32). The van der Waals surface area contributed by atoms with Crippen LogP contribution in [0.3, 0.4) is 0 Å². The number of hydrogen-bond donors (Lipinski definition) is 3. The molecule has 0 aromatic heterocycles. The van der Waals surface area contributed by atoms with Gasteiger partial charge in [-0.25, -0.2) is 4.39 Å². The molecule has 1 fully saturated rings. The third kappa shape index (κ3) is 7.38. The minimum Gasteiger partial charge on any atom is -0.353 e. The second-order valence-electron chi connectivity index (χ2n) is 8.83. The largest absolute Gasteiger partial charge is 0.353 e. The lowest BCUT2D eigenvalue weighted by Gasteiger charge is -2.32. The number of nitrogens with zero attached hydrogens (tertiary/aromatic N) is 1. The van der Waals surface area contributed by atoms with Crippen molar-refractivity contribution in [2.45, 2.75) is 45.6 Å². The molecule has 0 aliphatic carbocycles. The van der Waals surface area contributed by atoms with Crippen molar-refractivity contribution in [2.24, 2.45) is 5.92 Å². The average Bonchev–Trinajstić information content (AvgIpc) is 2.81. The number of anilines is 2. The monoisotopic (exact) mass is 468 g/mol. The second kappa shape index (κ2) is 12.3. The molecule has 182 valence electrons. The zero-order chi connectivity index (χ0) is 24.5. The first-order chi connectivity index (χ1) is 16.4. The van der Waals surface area contributed by atoms with E-state index in [1.807, 2.05) is 11.8 Å². The van der Waals surface area contributed by atoms with Gasteiger partial charge in [-0.15, -0.1) is 0 Å². The number of halogens is 1. The lowest BCUT2D eigenvalue weighted by molar-refractivity contribution is -0.128. The topological polar surface area (TPSA) is 90.5 Å². The summed E-state index contributed by atoms with van der Waals surface area (Å²) in [5.74, 6) is -1.12. The third-order valence-electron chi connectivity index (χ3n) is 5.90. The van der Waals surface area contributed by atoms with Crippen LogP contribution in [0, 0.1) is 11.7 Å². The first kappa shape index (κ1) is 25.4. The lowest BCUT2D eigenvalue weighted by atomic mass is 9.96. The van der Waals surface area contributed by atoms with Gasteiger partial charge in [0.25, 0.3) is 5.91 Å². The quantitative estimate of drug-likeness (QED) is 0.518. The van der Waals surface area contributed by atoms with Crippen molar-refractivity contribution in [3.8, 4) is 0 Å². The normalized spacial score (nSPS) is 17.0. The zero-order valence-corrected chi connectivity index (χ0v) is 19.8. The van der Waals surface area contributed by atoms with Gasteiger partial charge >= 0.3 is 0 Å². The van der Waals surface area contributed by atoms with Crippen LogP contribution in [-0.4, -0.2) is 48.3 Å². The van der Waals surface area contributed by atoms with Crippen molar-refractivity contribution in [3.63, 3.8) is 0 Å². The first-order valence-electron chi connectivity index (χ1n) is 11.8. The minimum atomic E-state index is -0.404. The Morgan fingerprint density at radius 2 is 1.82 bits per heavy atom. The molecule has 3 amide bonds. The van der Waals surface area contributed by atoms with Gasteiger partial charge < -0.3 is 16.0 Å². The average molecular weight is 469 g/mol. The predicted octanol–water partition coefficient (Wildman–Crippen LogP) is 4.03. The number of amides is 3. The fourth-order valence-electron chi connectivity index (χ4n) is 4.19. The zero-order valence-electron chi connectivity index (χ0n) is 19.8. The van der Waals surface area contributed by atoms with E-state index in [9.17, 15) is 18.8 Å². The van der Waals surface area contributed by atoms with Crippen LogP contribution in [0.5, 0.6) is 0 Å². The van der Waals surface area contributed by atoms with E-state index in [-0.39, 0.29) is 30.3 Å². The number of piperidine rings is 1. The van der Waals surface area contributed by atoms with E-state index in [1.54, 1.807) is 24.3 Å². The number of hydrogen-bond acceptors (Lipinski definition) is 4. The van der Waals surface area contributed by atoms with Crippen molar-refractivity contribution in [1.29, 1.82) is 0 Å². The van der Waals surface area contributed by atoms with E-state index in [1.165, 1.54) is 24.3 Å². The van der Waals surface area contributed by atoms with E-state index in [4.69, 9.17) is 0 Å². The first-order valence-corrected chi connectivity index (χ1v) is 11.8. The molecule has 1 saturated heterocycles. The van der Waals surface area contributed by atoms with Gasteiger partial charge in [0.15, 0.2) is 0 Å². The number of benzene rings is 2. The highest BCUT2D eigenvalue weighted by Gasteiger charge is 2.27. The molecule has 1 heterocycles. The number of para-hydroxylation sites is 1. The molecule has 1 aliphatic heterocycles. The highest BCUT2D eigenvalue weighted by atomic mass is 19.1. The highest BCUT2D eigenvalue weighted by molar-refractivity contribution is 6.10. The molecule has 1 aliphatic rings. The van der Waals surface area contributed by atoms with Crippen LogP contribution in [0.1, 0.15) is 49.9 Å². The fraction of sp³-hybridized carbons (Fsp3) is 0.423. The third-order valence-corrected chi connectivity index (χ3v) is 5.90. The van der Waals surface area contributed by atoms with E-state index in [0.29, 0.717) is 23.5 Å². The van der Waals surface area contributed by atoms with Gasteiger partial charge in [-0.05, 0) is 69.1 Å². The molecule has 2 aromatic carbocycles. The Bertz CT molecular complexity index is 996. The van der Waals surface area contributed by atoms with Gasteiger partial charge in [0, 0.05) is 18.3 Å². The summed E-state index contributed by atoms with van der Waals surface area (Å²) in [6, 6.07) is 12.4. The Morgan fingerprint density at radius 3 is 2.56 bits per heavy atom. The van der Waals surface area contributed by atoms with Crippen LogP contribution >= 0.6 is 0 Å². The molecule has 3 N–H and O–H groups in total. The van der Waals surface area contributed by atoms with Gasteiger partial charge in [0.05, 0.1) is 23.7 Å². The van der Waals surface area contributed by atoms with Gasteiger partial charge in [0.2, 0.25) is 11.8 Å². The van der Waals surface area contributed by atoms with Crippen LogP contribution in [0.2, 0.25) is 0 Å². The summed E-state index contributed by atoms with van der Waals surface area (Å²) in [6.07, 6.45) is 3.62. The predicted molar refractivity (Wildman–Crippen MR) is 131 cm³/mol. The molecule has 2 aromatic rings. The maximum Gasteiger partial charge on any atom is 0.257 e. The van der Waals surface area contributed by atoms with E-state index in [0.717, 1.165) is 32.2 Å². The van der Waals surface area contributed by atoms with Gasteiger partial charge in [-0.2, -0.15) is 0 Å². The summed E-state index contributed by atoms with van der Waals surface area (Å²) >= 11 is 0. The molecule has 7 nitrogen and oxygen atoms in total. The van der Waals surface area contributed by atoms with Crippen LogP contribution in [0.15, 0.2) is 48.5 Å². The number of nitrogens with one attached hydrogen (secondary N) is 3. The van der Waals surface area contributed by atoms with Crippen molar-refractivity contribution in [3.05, 3.63) is 59.9 Å². The summed E-state index contributed by atoms with van der Waals surface area (Å²) in [6.45, 7) is 5.52. The van der Waals surface area contributed by atoms with Crippen molar-refractivity contribution >= 4 is 29.1 Å². The smallest absolute Gasteiger partial charge is 0.257 e. The highest BCUT2D eigenvalue weighted by Crippen LogP contribution is 2.20. The summed E-state index contributed by atoms with van der Waals surface area (Å²) in [4.78, 5) is 40.1. The molecule has 0 saturated carbocycles. The van der Waals surface area contributed by atoms with E-state index < -0.39 is 11.7 Å².